The summed E-state index contributed by atoms with van der Waals surface area (Å²) >= 11 is 5.05. The van der Waals surface area contributed by atoms with Gasteiger partial charge in [0, 0.05) is 4.88 Å². The third-order valence-electron chi connectivity index (χ3n) is 2.19. The van der Waals surface area contributed by atoms with Crippen molar-refractivity contribution in [2.24, 2.45) is 0 Å². The van der Waals surface area contributed by atoms with Gasteiger partial charge in [-0.05, 0) is 47.3 Å². The molecule has 1 aromatic heterocycles. The molecule has 1 rings (SSSR count). The molecule has 3 heteroatoms. The molecule has 0 aliphatic carbocycles. The smallest absolute Gasteiger partial charge is 0.0919 e. The van der Waals surface area contributed by atoms with Gasteiger partial charge in [-0.15, -0.1) is 11.3 Å². The summed E-state index contributed by atoms with van der Waals surface area (Å²) in [6.07, 6.45) is 1.21. The largest absolute Gasteiger partial charge is 0.387 e. The van der Waals surface area contributed by atoms with Gasteiger partial charge >= 0.3 is 0 Å². The maximum absolute atomic E-state index is 9.89. The first-order valence-electron chi connectivity index (χ1n) is 4.65. The fourth-order valence-electron chi connectivity index (χ4n) is 1.17. The van der Waals surface area contributed by atoms with Gasteiger partial charge in [0.2, 0.25) is 0 Å². The van der Waals surface area contributed by atoms with Crippen molar-refractivity contribution in [3.8, 4) is 0 Å². The normalized spacial score (nSPS) is 12.9. The summed E-state index contributed by atoms with van der Waals surface area (Å²) in [4.78, 5) is 1.02. The average Bonchev–Trinajstić information content (AvgIpc) is 2.47. The molecule has 0 aromatic carbocycles. The third-order valence-corrected chi connectivity index (χ3v) is 4.42. The van der Waals surface area contributed by atoms with Crippen LogP contribution in [0.25, 0.3) is 0 Å². The van der Waals surface area contributed by atoms with Crippen LogP contribution in [0.3, 0.4) is 0 Å². The van der Waals surface area contributed by atoms with Crippen LogP contribution in [0.1, 0.15) is 36.3 Å². The summed E-state index contributed by atoms with van der Waals surface area (Å²) in [7, 11) is 0. The first-order chi connectivity index (χ1) is 6.54. The van der Waals surface area contributed by atoms with Gasteiger partial charge in [0.25, 0.3) is 0 Å². The van der Waals surface area contributed by atoms with Crippen LogP contribution in [0.5, 0.6) is 0 Å². The molecule has 1 atom stereocenters. The number of hydrogen-bond donors (Lipinski definition) is 1. The molecule has 0 amide bonds. The number of aliphatic hydroxyl groups is 1. The van der Waals surface area contributed by atoms with E-state index in [1.54, 1.807) is 11.3 Å². The number of rotatable bonds is 4. The standard InChI is InChI=1S/C11H15BrOS/c1-4-7(2)5-9(13)10-6-8(3)11(12)14-10/h6,9,13H,2,4-5H2,1,3H3. The van der Waals surface area contributed by atoms with Gasteiger partial charge in [-0.1, -0.05) is 19.1 Å². The zero-order valence-corrected chi connectivity index (χ0v) is 10.9. The summed E-state index contributed by atoms with van der Waals surface area (Å²) in [5.74, 6) is 0. The van der Waals surface area contributed by atoms with Gasteiger partial charge in [-0.25, -0.2) is 0 Å². The van der Waals surface area contributed by atoms with Crippen molar-refractivity contribution in [2.45, 2.75) is 32.8 Å². The van der Waals surface area contributed by atoms with E-state index in [0.717, 1.165) is 20.7 Å². The van der Waals surface area contributed by atoms with E-state index in [-0.39, 0.29) is 0 Å². The molecule has 1 nitrogen and oxygen atoms in total. The minimum atomic E-state index is -0.391. The Morgan fingerprint density at radius 1 is 1.71 bits per heavy atom. The van der Waals surface area contributed by atoms with E-state index >= 15 is 0 Å². The number of thiophene rings is 1. The SMILES string of the molecule is C=C(CC)CC(O)c1cc(C)c(Br)s1. The lowest BCUT2D eigenvalue weighted by Crippen LogP contribution is -1.95. The highest BCUT2D eigenvalue weighted by Crippen LogP contribution is 2.33. The van der Waals surface area contributed by atoms with E-state index in [4.69, 9.17) is 0 Å². The van der Waals surface area contributed by atoms with E-state index in [1.807, 2.05) is 13.0 Å². The van der Waals surface area contributed by atoms with Gasteiger partial charge in [-0.2, -0.15) is 0 Å². The summed E-state index contributed by atoms with van der Waals surface area (Å²) in [5.41, 5.74) is 2.28. The number of hydrogen-bond acceptors (Lipinski definition) is 2. The molecule has 1 aromatic rings. The summed E-state index contributed by atoms with van der Waals surface area (Å²) in [6.45, 7) is 7.99. The molecule has 0 spiro atoms. The van der Waals surface area contributed by atoms with Crippen molar-refractivity contribution in [3.63, 3.8) is 0 Å². The van der Waals surface area contributed by atoms with E-state index in [9.17, 15) is 5.11 Å². The first kappa shape index (κ1) is 12.0. The van der Waals surface area contributed by atoms with Crippen LogP contribution in [0.15, 0.2) is 22.0 Å². The fraction of sp³-hybridized carbons (Fsp3) is 0.455. The molecule has 0 aliphatic rings. The van der Waals surface area contributed by atoms with Crippen molar-refractivity contribution in [2.75, 3.05) is 0 Å². The molecule has 0 saturated carbocycles. The molecule has 14 heavy (non-hydrogen) atoms. The van der Waals surface area contributed by atoms with Gasteiger partial charge < -0.3 is 5.11 Å². The Morgan fingerprint density at radius 2 is 2.36 bits per heavy atom. The van der Waals surface area contributed by atoms with E-state index < -0.39 is 6.10 Å². The molecule has 78 valence electrons. The van der Waals surface area contributed by atoms with Crippen molar-refractivity contribution in [3.05, 3.63) is 32.4 Å². The summed E-state index contributed by atoms with van der Waals surface area (Å²) in [5, 5.41) is 9.89. The van der Waals surface area contributed by atoms with Crippen LogP contribution in [0.2, 0.25) is 0 Å². The molecular weight excluding hydrogens is 260 g/mol. The van der Waals surface area contributed by atoms with Crippen LogP contribution in [-0.2, 0) is 0 Å². The van der Waals surface area contributed by atoms with Crippen molar-refractivity contribution < 1.29 is 5.11 Å². The van der Waals surface area contributed by atoms with Gasteiger partial charge in [0.15, 0.2) is 0 Å². The van der Waals surface area contributed by atoms with E-state index in [1.165, 1.54) is 5.56 Å². The number of aryl methyl sites for hydroxylation is 1. The van der Waals surface area contributed by atoms with E-state index in [2.05, 4.69) is 29.4 Å². The van der Waals surface area contributed by atoms with Crippen LogP contribution in [-0.4, -0.2) is 5.11 Å². The predicted octanol–water partition coefficient (Wildman–Crippen LogP) is 4.21. The predicted molar refractivity (Wildman–Crippen MR) is 65.8 cm³/mol. The Bertz CT molecular complexity index is 311. The minimum absolute atomic E-state index is 0.391. The lowest BCUT2D eigenvalue weighted by molar-refractivity contribution is 0.181. The maximum atomic E-state index is 9.89. The molecule has 1 heterocycles. The van der Waals surface area contributed by atoms with Crippen LogP contribution >= 0.6 is 27.3 Å². The van der Waals surface area contributed by atoms with Crippen LogP contribution in [0, 0.1) is 6.92 Å². The average molecular weight is 275 g/mol. The second-order valence-electron chi connectivity index (χ2n) is 3.43. The van der Waals surface area contributed by atoms with Crippen LogP contribution < -0.4 is 0 Å². The topological polar surface area (TPSA) is 20.2 Å². The Hall–Kier alpha value is -0.120. The van der Waals surface area contributed by atoms with Crippen molar-refractivity contribution in [1.29, 1.82) is 0 Å². The second-order valence-corrected chi connectivity index (χ2v) is 5.83. The highest BCUT2D eigenvalue weighted by atomic mass is 79.9. The van der Waals surface area contributed by atoms with Crippen molar-refractivity contribution >= 4 is 27.3 Å². The molecule has 0 aliphatic heterocycles. The van der Waals surface area contributed by atoms with Gasteiger partial charge in [0.05, 0.1) is 9.89 Å². The zero-order chi connectivity index (χ0) is 10.7. The Labute approximate surface area is 97.6 Å². The molecule has 0 bridgehead atoms. The number of aliphatic hydroxyl groups excluding tert-OH is 1. The summed E-state index contributed by atoms with van der Waals surface area (Å²) < 4.78 is 1.11. The quantitative estimate of drug-likeness (QED) is 0.816. The van der Waals surface area contributed by atoms with E-state index in [0.29, 0.717) is 6.42 Å². The highest BCUT2D eigenvalue weighted by molar-refractivity contribution is 9.11. The van der Waals surface area contributed by atoms with Gasteiger partial charge in [-0.3, -0.25) is 0 Å². The lowest BCUT2D eigenvalue weighted by atomic mass is 10.1. The highest BCUT2D eigenvalue weighted by Gasteiger charge is 2.12. The minimum Gasteiger partial charge on any atom is -0.387 e. The number of halogens is 1. The second kappa shape index (κ2) is 5.10. The van der Waals surface area contributed by atoms with Crippen LogP contribution in [0.4, 0.5) is 0 Å². The Kier molecular flexibility index (Phi) is 4.35. The fourth-order valence-corrected chi connectivity index (χ4v) is 2.72. The Balaban J connectivity index is 2.69. The first-order valence-corrected chi connectivity index (χ1v) is 6.26. The van der Waals surface area contributed by atoms with Crippen molar-refractivity contribution in [1.82, 2.24) is 0 Å². The monoisotopic (exact) mass is 274 g/mol. The Morgan fingerprint density at radius 3 is 2.79 bits per heavy atom. The molecular formula is C11H15BrOS. The maximum Gasteiger partial charge on any atom is 0.0919 e. The molecule has 0 fully saturated rings. The molecule has 1 N–H and O–H groups in total. The lowest BCUT2D eigenvalue weighted by Gasteiger charge is -2.08. The zero-order valence-electron chi connectivity index (χ0n) is 8.51. The third kappa shape index (κ3) is 2.94. The summed E-state index contributed by atoms with van der Waals surface area (Å²) in [6, 6.07) is 2.03. The van der Waals surface area contributed by atoms with Gasteiger partial charge in [0.1, 0.15) is 0 Å². The molecule has 0 saturated heterocycles. The molecule has 1 unspecified atom stereocenters. The molecule has 0 radical (unpaired) electrons.